The van der Waals surface area contributed by atoms with E-state index in [4.69, 9.17) is 0 Å². The molecule has 0 aliphatic heterocycles. The Morgan fingerprint density at radius 1 is 0.738 bits per heavy atom. The molecule has 5 nitrogen and oxygen atoms in total. The van der Waals surface area contributed by atoms with Crippen molar-refractivity contribution in [1.29, 1.82) is 0 Å². The van der Waals surface area contributed by atoms with E-state index >= 15 is 0 Å². The van der Waals surface area contributed by atoms with Crippen molar-refractivity contribution in [2.24, 2.45) is 7.05 Å². The number of halogens is 3. The zero-order valence-corrected chi connectivity index (χ0v) is 22.8. The number of nitrogens with zero attached hydrogens (tertiary/aromatic N) is 1. The van der Waals surface area contributed by atoms with E-state index in [1.807, 2.05) is 30.3 Å². The van der Waals surface area contributed by atoms with Gasteiger partial charge in [0.05, 0.1) is 11.3 Å². The molecule has 4 aromatic carbocycles. The van der Waals surface area contributed by atoms with Crippen molar-refractivity contribution in [2.45, 2.75) is 12.6 Å². The predicted molar refractivity (Wildman–Crippen MR) is 158 cm³/mol. The molecule has 0 radical (unpaired) electrons. The Kier molecular flexibility index (Phi) is 8.24. The van der Waals surface area contributed by atoms with Gasteiger partial charge in [-0.3, -0.25) is 9.59 Å². The lowest BCUT2D eigenvalue weighted by atomic mass is 9.98. The summed E-state index contributed by atoms with van der Waals surface area (Å²) in [5.41, 5.74) is 4.69. The second-order valence-corrected chi connectivity index (χ2v) is 9.87. The topological polar surface area (TPSA) is 63.1 Å². The number of hydrogen-bond acceptors (Lipinski definition) is 2. The maximum absolute atomic E-state index is 13.2. The van der Waals surface area contributed by atoms with E-state index in [0.29, 0.717) is 41.0 Å². The Bertz CT molecular complexity index is 1690. The average Bonchev–Trinajstić information content (AvgIpc) is 3.37. The SMILES string of the molecule is Cn1cc(NC(=O)c2ccccc2-c2ccc(C(F)(F)F)cc2)cc1C(=O)NCCc1ccc(-c2ccccc2)cc1. The van der Waals surface area contributed by atoms with Crippen LogP contribution in [0.1, 0.15) is 32.0 Å². The van der Waals surface area contributed by atoms with E-state index in [-0.39, 0.29) is 5.91 Å². The number of carbonyl (C=O) groups excluding carboxylic acids is 2. The second kappa shape index (κ2) is 12.2. The first-order valence-electron chi connectivity index (χ1n) is 13.4. The number of benzene rings is 4. The highest BCUT2D eigenvalue weighted by atomic mass is 19.4. The molecule has 0 fully saturated rings. The Hall–Kier alpha value is -5.11. The lowest BCUT2D eigenvalue weighted by molar-refractivity contribution is -0.137. The molecule has 0 saturated carbocycles. The first-order valence-corrected chi connectivity index (χ1v) is 13.4. The lowest BCUT2D eigenvalue weighted by Gasteiger charge is -2.11. The van der Waals surface area contributed by atoms with Crippen LogP contribution in [0.25, 0.3) is 22.3 Å². The van der Waals surface area contributed by atoms with Crippen LogP contribution < -0.4 is 10.6 Å². The number of carbonyl (C=O) groups is 2. The third-order valence-corrected chi connectivity index (χ3v) is 6.95. The van der Waals surface area contributed by atoms with Gasteiger partial charge in [0.2, 0.25) is 0 Å². The Labute approximate surface area is 241 Å². The van der Waals surface area contributed by atoms with Crippen molar-refractivity contribution >= 4 is 17.5 Å². The summed E-state index contributed by atoms with van der Waals surface area (Å²) in [7, 11) is 1.71. The molecule has 0 aliphatic carbocycles. The van der Waals surface area contributed by atoms with Crippen LogP contribution in [-0.2, 0) is 19.6 Å². The smallest absolute Gasteiger partial charge is 0.350 e. The van der Waals surface area contributed by atoms with Crippen LogP contribution >= 0.6 is 0 Å². The van der Waals surface area contributed by atoms with E-state index in [1.54, 1.807) is 48.1 Å². The fourth-order valence-electron chi connectivity index (χ4n) is 4.73. The van der Waals surface area contributed by atoms with Crippen LogP contribution in [0.15, 0.2) is 115 Å². The minimum absolute atomic E-state index is 0.274. The number of hydrogen-bond donors (Lipinski definition) is 2. The van der Waals surface area contributed by atoms with Gasteiger partial charge in [0.25, 0.3) is 11.8 Å². The highest BCUT2D eigenvalue weighted by Crippen LogP contribution is 2.32. The summed E-state index contributed by atoms with van der Waals surface area (Å²) < 4.78 is 40.6. The van der Waals surface area contributed by atoms with Crippen molar-refractivity contribution < 1.29 is 22.8 Å². The standard InChI is InChI=1S/C34H28F3N3O2/c1-40-22-28(39-32(41)30-10-6-5-9-29(30)26-15-17-27(18-16-26)34(35,36)37)21-31(40)33(42)38-20-19-23-11-13-25(14-12-23)24-7-3-2-4-8-24/h2-18,21-22H,19-20H2,1H3,(H,38,42)(H,39,41). The molecule has 0 spiro atoms. The van der Waals surface area contributed by atoms with E-state index in [2.05, 4.69) is 34.9 Å². The Morgan fingerprint density at radius 3 is 2.05 bits per heavy atom. The molecule has 0 saturated heterocycles. The summed E-state index contributed by atoms with van der Waals surface area (Å²) in [4.78, 5) is 26.0. The number of alkyl halides is 3. The van der Waals surface area contributed by atoms with E-state index in [9.17, 15) is 22.8 Å². The van der Waals surface area contributed by atoms with Crippen LogP contribution in [0, 0.1) is 0 Å². The first kappa shape index (κ1) is 28.4. The molecule has 1 heterocycles. The van der Waals surface area contributed by atoms with Gasteiger partial charge in [-0.25, -0.2) is 0 Å². The molecule has 1 aromatic heterocycles. The van der Waals surface area contributed by atoms with Gasteiger partial charge in [0.15, 0.2) is 0 Å². The van der Waals surface area contributed by atoms with Crippen LogP contribution in [0.5, 0.6) is 0 Å². The van der Waals surface area contributed by atoms with E-state index < -0.39 is 17.6 Å². The minimum Gasteiger partial charge on any atom is -0.350 e. The molecule has 42 heavy (non-hydrogen) atoms. The molecule has 5 rings (SSSR count). The monoisotopic (exact) mass is 567 g/mol. The van der Waals surface area contributed by atoms with Crippen LogP contribution in [0.3, 0.4) is 0 Å². The Balaban J connectivity index is 1.20. The van der Waals surface area contributed by atoms with Gasteiger partial charge in [-0.15, -0.1) is 0 Å². The molecule has 0 unspecified atom stereocenters. The van der Waals surface area contributed by atoms with Gasteiger partial charge < -0.3 is 15.2 Å². The molecule has 0 atom stereocenters. The third kappa shape index (κ3) is 6.61. The minimum atomic E-state index is -4.44. The van der Waals surface area contributed by atoms with Gasteiger partial charge in [0.1, 0.15) is 5.69 Å². The average molecular weight is 568 g/mol. The summed E-state index contributed by atoms with van der Waals surface area (Å²) in [6.45, 7) is 0.441. The largest absolute Gasteiger partial charge is 0.416 e. The molecule has 8 heteroatoms. The zero-order chi connectivity index (χ0) is 29.7. The maximum Gasteiger partial charge on any atom is 0.416 e. The summed E-state index contributed by atoms with van der Waals surface area (Å²) >= 11 is 0. The molecule has 212 valence electrons. The van der Waals surface area contributed by atoms with Crippen LogP contribution in [-0.4, -0.2) is 22.9 Å². The molecule has 5 aromatic rings. The van der Waals surface area contributed by atoms with Crippen molar-refractivity contribution in [3.8, 4) is 22.3 Å². The number of amides is 2. The number of aryl methyl sites for hydroxylation is 1. The second-order valence-electron chi connectivity index (χ2n) is 9.87. The quantitative estimate of drug-likeness (QED) is 0.203. The summed E-state index contributed by atoms with van der Waals surface area (Å²) in [6, 6.07) is 31.3. The van der Waals surface area contributed by atoms with Gasteiger partial charge >= 0.3 is 6.18 Å². The van der Waals surface area contributed by atoms with Crippen molar-refractivity contribution in [3.05, 3.63) is 138 Å². The zero-order valence-electron chi connectivity index (χ0n) is 22.8. The predicted octanol–water partition coefficient (Wildman–Crippen LogP) is 7.60. The molecule has 0 bridgehead atoms. The summed E-state index contributed by atoms with van der Waals surface area (Å²) in [6.07, 6.45) is -2.15. The highest BCUT2D eigenvalue weighted by molar-refractivity contribution is 6.09. The number of rotatable bonds is 8. The summed E-state index contributed by atoms with van der Waals surface area (Å²) in [5, 5.41) is 5.73. The molecular weight excluding hydrogens is 539 g/mol. The van der Waals surface area contributed by atoms with Crippen molar-refractivity contribution in [2.75, 3.05) is 11.9 Å². The Morgan fingerprint density at radius 2 is 1.36 bits per heavy atom. The van der Waals surface area contributed by atoms with Gasteiger partial charge in [-0.05, 0) is 58.5 Å². The molecule has 2 amide bonds. The van der Waals surface area contributed by atoms with Gasteiger partial charge in [-0.1, -0.05) is 84.9 Å². The normalized spacial score (nSPS) is 11.2. The number of aromatic nitrogens is 1. The number of nitrogens with one attached hydrogen (secondary N) is 2. The molecular formula is C34H28F3N3O2. The first-order chi connectivity index (χ1) is 20.2. The van der Waals surface area contributed by atoms with Gasteiger partial charge in [-0.2, -0.15) is 13.2 Å². The molecule has 0 aliphatic rings. The highest BCUT2D eigenvalue weighted by Gasteiger charge is 2.30. The number of anilines is 1. The van der Waals surface area contributed by atoms with Crippen molar-refractivity contribution in [3.63, 3.8) is 0 Å². The fourth-order valence-corrected chi connectivity index (χ4v) is 4.73. The van der Waals surface area contributed by atoms with Crippen LogP contribution in [0.4, 0.5) is 18.9 Å². The fraction of sp³-hybridized carbons (Fsp3) is 0.118. The lowest BCUT2D eigenvalue weighted by Crippen LogP contribution is -2.27. The third-order valence-electron chi connectivity index (χ3n) is 6.95. The summed E-state index contributed by atoms with van der Waals surface area (Å²) in [5.74, 6) is -0.717. The van der Waals surface area contributed by atoms with Crippen LogP contribution in [0.2, 0.25) is 0 Å². The van der Waals surface area contributed by atoms with E-state index in [0.717, 1.165) is 28.8 Å². The van der Waals surface area contributed by atoms with E-state index in [1.165, 1.54) is 12.1 Å². The maximum atomic E-state index is 13.2. The van der Waals surface area contributed by atoms with Gasteiger partial charge in [0, 0.05) is 25.4 Å². The molecule has 2 N–H and O–H groups in total. The van der Waals surface area contributed by atoms with Crippen molar-refractivity contribution in [1.82, 2.24) is 9.88 Å².